The number of hydrogen-bond donors (Lipinski definition) is 0. The van der Waals surface area contributed by atoms with Gasteiger partial charge in [0.15, 0.2) is 0 Å². The van der Waals surface area contributed by atoms with Crippen molar-refractivity contribution in [2.24, 2.45) is 0 Å². The highest BCUT2D eigenvalue weighted by Crippen LogP contribution is 2.55. The number of hydrogen-bond acceptors (Lipinski definition) is 4. The van der Waals surface area contributed by atoms with Gasteiger partial charge in [0.2, 0.25) is 5.71 Å². The third kappa shape index (κ3) is 4.28. The molecule has 1 aliphatic rings. The van der Waals surface area contributed by atoms with Gasteiger partial charge in [0, 0.05) is 33.1 Å². The Hall–Kier alpha value is -6.39. The van der Waals surface area contributed by atoms with Gasteiger partial charge in [0.1, 0.15) is 5.58 Å². The Morgan fingerprint density at radius 1 is 0.480 bits per heavy atom. The van der Waals surface area contributed by atoms with E-state index in [-0.39, 0.29) is 5.41 Å². The van der Waals surface area contributed by atoms with Gasteiger partial charge in [-0.05, 0) is 46.0 Å². The van der Waals surface area contributed by atoms with Gasteiger partial charge in [0.05, 0.1) is 33.5 Å². The van der Waals surface area contributed by atoms with E-state index in [1.54, 1.807) is 0 Å². The molecule has 4 heteroatoms. The molecule has 0 amide bonds. The lowest BCUT2D eigenvalue weighted by Crippen LogP contribution is -2.17. The van der Waals surface area contributed by atoms with Crippen LogP contribution >= 0.6 is 0 Å². The van der Waals surface area contributed by atoms with Crippen LogP contribution in [0, 0.1) is 0 Å². The number of benzene rings is 6. The fraction of sp³-hybridized carbons (Fsp3) is 0.0652. The first-order valence-electron chi connectivity index (χ1n) is 17.0. The molecule has 3 aromatic heterocycles. The quantitative estimate of drug-likeness (QED) is 0.192. The van der Waals surface area contributed by atoms with Crippen LogP contribution in [0.4, 0.5) is 0 Å². The molecule has 0 fully saturated rings. The monoisotopic (exact) mass is 641 g/mol. The molecule has 3 heterocycles. The largest absolute Gasteiger partial charge is 0.438 e. The SMILES string of the molecule is CC1(C)c2ccccc2-c2c1c(-c1ccc(-c3ccc4nc(-c5ccccc5)c(-c5ccccc5)nc4c3)cc1)nc1oc3ccccc3c21. The van der Waals surface area contributed by atoms with Gasteiger partial charge in [-0.25, -0.2) is 15.0 Å². The van der Waals surface area contributed by atoms with Crippen molar-refractivity contribution in [3.05, 3.63) is 163 Å². The third-order valence-corrected chi connectivity index (χ3v) is 10.3. The highest BCUT2D eigenvalue weighted by molar-refractivity contribution is 6.15. The second kappa shape index (κ2) is 10.8. The zero-order valence-corrected chi connectivity index (χ0v) is 27.7. The summed E-state index contributed by atoms with van der Waals surface area (Å²) in [4.78, 5) is 15.6. The topological polar surface area (TPSA) is 51.8 Å². The highest BCUT2D eigenvalue weighted by atomic mass is 16.3. The van der Waals surface area contributed by atoms with E-state index in [1.807, 2.05) is 48.5 Å². The zero-order valence-electron chi connectivity index (χ0n) is 27.7. The Morgan fingerprint density at radius 3 is 1.80 bits per heavy atom. The van der Waals surface area contributed by atoms with Crippen molar-refractivity contribution in [1.29, 1.82) is 0 Å². The summed E-state index contributed by atoms with van der Waals surface area (Å²) in [6, 6.07) is 52.8. The van der Waals surface area contributed by atoms with Crippen LogP contribution in [0.2, 0.25) is 0 Å². The minimum absolute atomic E-state index is 0.231. The summed E-state index contributed by atoms with van der Waals surface area (Å²) >= 11 is 0. The summed E-state index contributed by atoms with van der Waals surface area (Å²) in [6.45, 7) is 4.63. The number of fused-ring (bicyclic) bond motifs is 8. The lowest BCUT2D eigenvalue weighted by atomic mass is 9.80. The van der Waals surface area contributed by atoms with Crippen molar-refractivity contribution in [2.75, 3.05) is 0 Å². The molecule has 1 aliphatic carbocycles. The van der Waals surface area contributed by atoms with E-state index in [9.17, 15) is 0 Å². The fourth-order valence-electron chi connectivity index (χ4n) is 7.87. The van der Waals surface area contributed by atoms with Gasteiger partial charge in [0.25, 0.3) is 0 Å². The molecule has 0 radical (unpaired) electrons. The van der Waals surface area contributed by atoms with Gasteiger partial charge >= 0.3 is 0 Å². The van der Waals surface area contributed by atoms with Crippen molar-refractivity contribution in [3.63, 3.8) is 0 Å². The lowest BCUT2D eigenvalue weighted by molar-refractivity contribution is 0.645. The van der Waals surface area contributed by atoms with Crippen LogP contribution in [-0.2, 0) is 5.41 Å². The number of aromatic nitrogens is 3. The minimum Gasteiger partial charge on any atom is -0.438 e. The average Bonchev–Trinajstić information content (AvgIpc) is 3.66. The van der Waals surface area contributed by atoms with E-state index in [1.165, 1.54) is 22.3 Å². The molecule has 0 spiro atoms. The lowest BCUT2D eigenvalue weighted by Gasteiger charge is -2.24. The second-order valence-electron chi connectivity index (χ2n) is 13.6. The first-order valence-corrected chi connectivity index (χ1v) is 17.0. The van der Waals surface area contributed by atoms with Crippen molar-refractivity contribution in [2.45, 2.75) is 19.3 Å². The van der Waals surface area contributed by atoms with E-state index >= 15 is 0 Å². The van der Waals surface area contributed by atoms with Gasteiger partial charge in [-0.2, -0.15) is 0 Å². The van der Waals surface area contributed by atoms with Gasteiger partial charge in [-0.1, -0.05) is 147 Å². The van der Waals surface area contributed by atoms with Crippen molar-refractivity contribution >= 4 is 33.1 Å². The van der Waals surface area contributed by atoms with Crippen LogP contribution in [0.25, 0.3) is 89.1 Å². The first kappa shape index (κ1) is 28.6. The van der Waals surface area contributed by atoms with E-state index in [4.69, 9.17) is 19.4 Å². The van der Waals surface area contributed by atoms with Gasteiger partial charge in [-0.3, -0.25) is 0 Å². The number of para-hydroxylation sites is 1. The zero-order chi connectivity index (χ0) is 33.4. The molecule has 0 unspecified atom stereocenters. The summed E-state index contributed by atoms with van der Waals surface area (Å²) < 4.78 is 6.41. The molecule has 0 saturated carbocycles. The number of rotatable bonds is 4. The van der Waals surface area contributed by atoms with Crippen molar-refractivity contribution in [1.82, 2.24) is 15.0 Å². The van der Waals surface area contributed by atoms with Crippen LogP contribution in [0.3, 0.4) is 0 Å². The van der Waals surface area contributed by atoms with Crippen LogP contribution in [0.5, 0.6) is 0 Å². The Kier molecular flexibility index (Phi) is 6.19. The van der Waals surface area contributed by atoms with Gasteiger partial charge in [-0.15, -0.1) is 0 Å². The Morgan fingerprint density at radius 2 is 1.06 bits per heavy atom. The van der Waals surface area contributed by atoms with Crippen LogP contribution < -0.4 is 0 Å². The smallest absolute Gasteiger partial charge is 0.228 e. The Balaban J connectivity index is 1.11. The molecule has 0 saturated heterocycles. The second-order valence-corrected chi connectivity index (χ2v) is 13.6. The molecule has 0 N–H and O–H groups in total. The molecular weight excluding hydrogens is 611 g/mol. The molecule has 4 nitrogen and oxygen atoms in total. The average molecular weight is 642 g/mol. The predicted molar refractivity (Wildman–Crippen MR) is 204 cm³/mol. The van der Waals surface area contributed by atoms with Gasteiger partial charge < -0.3 is 4.42 Å². The van der Waals surface area contributed by atoms with E-state index in [0.717, 1.165) is 72.3 Å². The molecular formula is C46H31N3O. The maximum absolute atomic E-state index is 6.41. The van der Waals surface area contributed by atoms with E-state index < -0.39 is 0 Å². The predicted octanol–water partition coefficient (Wildman–Crippen LogP) is 11.9. The van der Waals surface area contributed by atoms with Crippen LogP contribution in [0.1, 0.15) is 25.0 Å². The molecule has 0 aliphatic heterocycles. The third-order valence-electron chi connectivity index (χ3n) is 10.3. The summed E-state index contributed by atoms with van der Waals surface area (Å²) in [5, 5.41) is 2.20. The summed E-state index contributed by atoms with van der Waals surface area (Å²) in [5.74, 6) is 0. The standard InChI is InChI=1S/C46H31N3O/c1-46(2)35-19-11-9-17-33(35)39-40-34-18-10-12-20-38(34)50-45(40)49-42(41(39)46)31-23-21-28(22-24-31)32-25-26-36-37(27-32)48-44(30-15-7-4-8-16-30)43(47-36)29-13-5-3-6-14-29/h3-27H,1-2H3. The minimum atomic E-state index is -0.231. The molecule has 50 heavy (non-hydrogen) atoms. The number of pyridine rings is 1. The van der Waals surface area contributed by atoms with Crippen molar-refractivity contribution < 1.29 is 4.42 Å². The molecule has 9 aromatic rings. The summed E-state index contributed by atoms with van der Waals surface area (Å²) in [6.07, 6.45) is 0. The molecule has 0 atom stereocenters. The fourth-order valence-corrected chi connectivity index (χ4v) is 7.87. The van der Waals surface area contributed by atoms with Crippen molar-refractivity contribution in [3.8, 4) is 56.0 Å². The molecule has 6 aromatic carbocycles. The maximum atomic E-state index is 6.41. The normalized spacial score (nSPS) is 13.2. The summed E-state index contributed by atoms with van der Waals surface area (Å²) in [5.41, 5.74) is 16.1. The molecule has 10 rings (SSSR count). The van der Waals surface area contributed by atoms with Crippen LogP contribution in [-0.4, -0.2) is 15.0 Å². The Labute approximate surface area is 289 Å². The number of nitrogens with zero attached hydrogens (tertiary/aromatic N) is 3. The van der Waals surface area contributed by atoms with Crippen LogP contribution in [0.15, 0.2) is 156 Å². The maximum Gasteiger partial charge on any atom is 0.228 e. The van der Waals surface area contributed by atoms with E-state index in [0.29, 0.717) is 5.71 Å². The summed E-state index contributed by atoms with van der Waals surface area (Å²) in [7, 11) is 0. The molecule has 236 valence electrons. The Bertz CT molecular complexity index is 2760. The van der Waals surface area contributed by atoms with E-state index in [2.05, 4.69) is 117 Å². The first-order chi connectivity index (χ1) is 24.5. The molecule has 0 bridgehead atoms. The number of furan rings is 1. The highest BCUT2D eigenvalue weighted by Gasteiger charge is 2.40.